The third-order valence-corrected chi connectivity index (χ3v) is 3.59. The summed E-state index contributed by atoms with van der Waals surface area (Å²) in [5, 5.41) is 0.838. The molecule has 0 saturated carbocycles. The van der Waals surface area contributed by atoms with E-state index in [0.717, 1.165) is 10.9 Å². The maximum absolute atomic E-state index is 12.8. The number of amides is 1. The number of hydrogen-bond acceptors (Lipinski definition) is 4. The number of morpholine rings is 1. The molecule has 5 nitrogen and oxygen atoms in total. The SMILES string of the molecule is CC1COCCN1C(=O)c1cc(N)nc2ccccc12. The lowest BCUT2D eigenvalue weighted by molar-refractivity contribution is 0.00370. The molecule has 0 bridgehead atoms. The zero-order valence-electron chi connectivity index (χ0n) is 11.4. The summed E-state index contributed by atoms with van der Waals surface area (Å²) in [5.74, 6) is 0.360. The van der Waals surface area contributed by atoms with E-state index in [1.807, 2.05) is 36.1 Å². The van der Waals surface area contributed by atoms with Gasteiger partial charge in [0.15, 0.2) is 0 Å². The lowest BCUT2D eigenvalue weighted by Crippen LogP contribution is -2.47. The second kappa shape index (κ2) is 5.09. The van der Waals surface area contributed by atoms with Crippen LogP contribution in [0.25, 0.3) is 10.9 Å². The monoisotopic (exact) mass is 271 g/mol. The number of nitrogen functional groups attached to an aromatic ring is 1. The summed E-state index contributed by atoms with van der Waals surface area (Å²) < 4.78 is 5.38. The number of anilines is 1. The summed E-state index contributed by atoms with van der Waals surface area (Å²) in [5.41, 5.74) is 7.18. The van der Waals surface area contributed by atoms with Gasteiger partial charge in [-0.2, -0.15) is 0 Å². The van der Waals surface area contributed by atoms with Gasteiger partial charge in [-0.1, -0.05) is 18.2 Å². The first-order valence-electron chi connectivity index (χ1n) is 6.71. The average Bonchev–Trinajstić information content (AvgIpc) is 2.46. The van der Waals surface area contributed by atoms with Crippen molar-refractivity contribution in [3.8, 4) is 0 Å². The largest absolute Gasteiger partial charge is 0.384 e. The predicted octanol–water partition coefficient (Wildman–Crippen LogP) is 1.68. The Morgan fingerprint density at radius 1 is 1.45 bits per heavy atom. The number of aromatic nitrogens is 1. The number of nitrogens with zero attached hydrogens (tertiary/aromatic N) is 2. The van der Waals surface area contributed by atoms with Crippen molar-refractivity contribution in [2.75, 3.05) is 25.5 Å². The summed E-state index contributed by atoms with van der Waals surface area (Å²) in [6.45, 7) is 3.75. The Morgan fingerprint density at radius 2 is 2.25 bits per heavy atom. The Kier molecular flexibility index (Phi) is 3.28. The Morgan fingerprint density at radius 3 is 3.05 bits per heavy atom. The van der Waals surface area contributed by atoms with Crippen molar-refractivity contribution in [1.29, 1.82) is 0 Å². The van der Waals surface area contributed by atoms with Gasteiger partial charge in [-0.25, -0.2) is 4.98 Å². The van der Waals surface area contributed by atoms with Crippen LogP contribution in [0.4, 0.5) is 5.82 Å². The van der Waals surface area contributed by atoms with Crippen LogP contribution in [0.1, 0.15) is 17.3 Å². The third-order valence-electron chi connectivity index (χ3n) is 3.59. The van der Waals surface area contributed by atoms with Crippen molar-refractivity contribution in [3.05, 3.63) is 35.9 Å². The van der Waals surface area contributed by atoms with Crippen molar-refractivity contribution in [1.82, 2.24) is 9.88 Å². The van der Waals surface area contributed by atoms with E-state index >= 15 is 0 Å². The highest BCUT2D eigenvalue weighted by Crippen LogP contribution is 2.22. The molecule has 1 saturated heterocycles. The number of pyridine rings is 1. The van der Waals surface area contributed by atoms with Crippen molar-refractivity contribution in [2.24, 2.45) is 0 Å². The molecule has 1 aromatic heterocycles. The van der Waals surface area contributed by atoms with Crippen LogP contribution in [0.2, 0.25) is 0 Å². The Labute approximate surface area is 117 Å². The van der Waals surface area contributed by atoms with E-state index in [4.69, 9.17) is 10.5 Å². The molecular weight excluding hydrogens is 254 g/mol. The van der Waals surface area contributed by atoms with Gasteiger partial charge in [-0.15, -0.1) is 0 Å². The van der Waals surface area contributed by atoms with Gasteiger partial charge in [0.1, 0.15) is 5.82 Å². The first-order valence-corrected chi connectivity index (χ1v) is 6.71. The molecule has 2 heterocycles. The van der Waals surface area contributed by atoms with Gasteiger partial charge >= 0.3 is 0 Å². The number of hydrogen-bond donors (Lipinski definition) is 1. The minimum atomic E-state index is -0.00824. The molecule has 104 valence electrons. The number of nitrogens with two attached hydrogens (primary N) is 1. The Bertz CT molecular complexity index is 657. The van der Waals surface area contributed by atoms with Crippen LogP contribution in [0.3, 0.4) is 0 Å². The molecule has 1 fully saturated rings. The number of carbonyl (C=O) groups is 1. The lowest BCUT2D eigenvalue weighted by atomic mass is 10.1. The van der Waals surface area contributed by atoms with Crippen LogP contribution in [0.15, 0.2) is 30.3 Å². The van der Waals surface area contributed by atoms with E-state index in [9.17, 15) is 4.79 Å². The standard InChI is InChI=1S/C15H17N3O2/c1-10-9-20-7-6-18(10)15(19)12-8-14(16)17-13-5-3-2-4-11(12)13/h2-5,8,10H,6-7,9H2,1H3,(H2,16,17). The molecule has 1 aliphatic rings. The first-order chi connectivity index (χ1) is 9.66. The molecule has 1 aromatic carbocycles. The van der Waals surface area contributed by atoms with Gasteiger partial charge in [-0.3, -0.25) is 4.79 Å². The molecule has 0 radical (unpaired) electrons. The number of fused-ring (bicyclic) bond motifs is 1. The zero-order valence-corrected chi connectivity index (χ0v) is 11.4. The van der Waals surface area contributed by atoms with Crippen molar-refractivity contribution in [3.63, 3.8) is 0 Å². The quantitative estimate of drug-likeness (QED) is 0.856. The minimum absolute atomic E-state index is 0.00824. The average molecular weight is 271 g/mol. The van der Waals surface area contributed by atoms with Crippen LogP contribution >= 0.6 is 0 Å². The van der Waals surface area contributed by atoms with E-state index in [1.165, 1.54) is 0 Å². The molecule has 20 heavy (non-hydrogen) atoms. The highest BCUT2D eigenvalue weighted by molar-refractivity contribution is 6.07. The number of para-hydroxylation sites is 1. The molecule has 1 atom stereocenters. The second-order valence-electron chi connectivity index (χ2n) is 5.03. The maximum atomic E-state index is 12.8. The summed E-state index contributed by atoms with van der Waals surface area (Å²) in [6, 6.07) is 9.29. The Balaban J connectivity index is 2.06. The molecule has 0 aliphatic carbocycles. The molecule has 3 rings (SSSR count). The van der Waals surface area contributed by atoms with E-state index in [1.54, 1.807) is 6.07 Å². The zero-order chi connectivity index (χ0) is 14.1. The first kappa shape index (κ1) is 12.9. The van der Waals surface area contributed by atoms with Gasteiger partial charge < -0.3 is 15.4 Å². The van der Waals surface area contributed by atoms with Gasteiger partial charge in [0.05, 0.1) is 30.3 Å². The van der Waals surface area contributed by atoms with E-state index in [-0.39, 0.29) is 11.9 Å². The highest BCUT2D eigenvalue weighted by atomic mass is 16.5. The van der Waals surface area contributed by atoms with Crippen LogP contribution in [-0.4, -0.2) is 41.6 Å². The van der Waals surface area contributed by atoms with Gasteiger partial charge in [-0.05, 0) is 19.1 Å². The molecule has 0 spiro atoms. The fourth-order valence-corrected chi connectivity index (χ4v) is 2.56. The summed E-state index contributed by atoms with van der Waals surface area (Å²) in [6.07, 6.45) is 0. The number of rotatable bonds is 1. The van der Waals surface area contributed by atoms with Crippen LogP contribution in [0, 0.1) is 0 Å². The lowest BCUT2D eigenvalue weighted by Gasteiger charge is -2.33. The number of carbonyl (C=O) groups excluding carboxylic acids is 1. The molecule has 1 unspecified atom stereocenters. The van der Waals surface area contributed by atoms with Gasteiger partial charge in [0.2, 0.25) is 0 Å². The fraction of sp³-hybridized carbons (Fsp3) is 0.333. The predicted molar refractivity (Wildman–Crippen MR) is 77.5 cm³/mol. The van der Waals surface area contributed by atoms with Crippen LogP contribution in [0.5, 0.6) is 0 Å². The smallest absolute Gasteiger partial charge is 0.255 e. The molecule has 2 aromatic rings. The van der Waals surface area contributed by atoms with Crippen molar-refractivity contribution < 1.29 is 9.53 Å². The Hall–Kier alpha value is -2.14. The molecule has 1 amide bonds. The summed E-state index contributed by atoms with van der Waals surface area (Å²) >= 11 is 0. The van der Waals surface area contributed by atoms with E-state index in [2.05, 4.69) is 4.98 Å². The summed E-state index contributed by atoms with van der Waals surface area (Å²) in [7, 11) is 0. The molecular formula is C15H17N3O2. The topological polar surface area (TPSA) is 68.5 Å². The fourth-order valence-electron chi connectivity index (χ4n) is 2.56. The van der Waals surface area contributed by atoms with Crippen molar-refractivity contribution in [2.45, 2.75) is 13.0 Å². The van der Waals surface area contributed by atoms with E-state index < -0.39 is 0 Å². The minimum Gasteiger partial charge on any atom is -0.384 e. The van der Waals surface area contributed by atoms with Crippen LogP contribution < -0.4 is 5.73 Å². The normalized spacial score (nSPS) is 19.2. The van der Waals surface area contributed by atoms with Gasteiger partial charge in [0.25, 0.3) is 5.91 Å². The van der Waals surface area contributed by atoms with Gasteiger partial charge in [0, 0.05) is 11.9 Å². The molecule has 1 aliphatic heterocycles. The summed E-state index contributed by atoms with van der Waals surface area (Å²) in [4.78, 5) is 18.9. The molecule has 2 N–H and O–H groups in total. The molecule has 5 heteroatoms. The number of benzene rings is 1. The maximum Gasteiger partial charge on any atom is 0.255 e. The number of ether oxygens (including phenoxy) is 1. The third kappa shape index (κ3) is 2.20. The van der Waals surface area contributed by atoms with E-state index in [0.29, 0.717) is 31.1 Å². The van der Waals surface area contributed by atoms with Crippen molar-refractivity contribution >= 4 is 22.6 Å². The van der Waals surface area contributed by atoms with Crippen LogP contribution in [-0.2, 0) is 4.74 Å². The second-order valence-corrected chi connectivity index (χ2v) is 5.03. The highest BCUT2D eigenvalue weighted by Gasteiger charge is 2.26.